The van der Waals surface area contributed by atoms with Crippen LogP contribution in [0.5, 0.6) is 0 Å². The highest BCUT2D eigenvalue weighted by Gasteiger charge is 2.21. The molecule has 1 aliphatic heterocycles. The molecule has 0 aliphatic carbocycles. The minimum absolute atomic E-state index is 0.264. The Morgan fingerprint density at radius 3 is 2.84 bits per heavy atom. The zero-order chi connectivity index (χ0) is 13.1. The van der Waals surface area contributed by atoms with Gasteiger partial charge < -0.3 is 4.74 Å². The fraction of sp³-hybridized carbons (Fsp3) is 0.467. The van der Waals surface area contributed by atoms with Gasteiger partial charge in [0.05, 0.1) is 6.04 Å². The number of fused-ring (bicyclic) bond motifs is 1. The molecule has 1 saturated heterocycles. The quantitative estimate of drug-likeness (QED) is 0.666. The van der Waals surface area contributed by atoms with E-state index < -0.39 is 0 Å². The summed E-state index contributed by atoms with van der Waals surface area (Å²) in [6.45, 7) is 1.79. The maximum atomic E-state index is 5.77. The average Bonchev–Trinajstić information content (AvgIpc) is 2.89. The Morgan fingerprint density at radius 1 is 1.32 bits per heavy atom. The minimum Gasteiger partial charge on any atom is -0.381 e. The number of rotatable bonds is 4. The van der Waals surface area contributed by atoms with Crippen LogP contribution in [0.4, 0.5) is 0 Å². The van der Waals surface area contributed by atoms with Crippen LogP contribution in [0.25, 0.3) is 10.1 Å². The molecule has 0 bridgehead atoms. The number of ether oxygens (including phenoxy) is 1. The van der Waals surface area contributed by atoms with Crippen LogP contribution in [-0.2, 0) is 4.74 Å². The van der Waals surface area contributed by atoms with Crippen molar-refractivity contribution in [2.24, 2.45) is 11.8 Å². The van der Waals surface area contributed by atoms with Gasteiger partial charge in [0.1, 0.15) is 0 Å². The van der Waals surface area contributed by atoms with Crippen molar-refractivity contribution in [3.05, 3.63) is 35.2 Å². The summed E-state index contributed by atoms with van der Waals surface area (Å²) in [5.41, 5.74) is 3.00. The zero-order valence-electron chi connectivity index (χ0n) is 11.0. The summed E-state index contributed by atoms with van der Waals surface area (Å²) in [4.78, 5) is 1.34. The lowest BCUT2D eigenvalue weighted by atomic mass is 9.92. The number of nitrogens with two attached hydrogens (primary N) is 1. The molecule has 3 N–H and O–H groups in total. The number of thiophene rings is 1. The zero-order valence-corrected chi connectivity index (χ0v) is 11.8. The van der Waals surface area contributed by atoms with Crippen LogP contribution in [0.3, 0.4) is 0 Å². The van der Waals surface area contributed by atoms with Crippen LogP contribution in [0.1, 0.15) is 30.2 Å². The number of hydrogen-bond acceptors (Lipinski definition) is 4. The maximum absolute atomic E-state index is 5.77. The first-order valence-corrected chi connectivity index (χ1v) is 7.71. The number of hydrogen-bond donors (Lipinski definition) is 2. The minimum atomic E-state index is 0.264. The van der Waals surface area contributed by atoms with Crippen molar-refractivity contribution < 1.29 is 4.74 Å². The van der Waals surface area contributed by atoms with Gasteiger partial charge in [0.15, 0.2) is 0 Å². The van der Waals surface area contributed by atoms with Crippen molar-refractivity contribution in [2.45, 2.75) is 25.3 Å². The second kappa shape index (κ2) is 6.01. The highest BCUT2D eigenvalue weighted by Crippen LogP contribution is 2.34. The van der Waals surface area contributed by atoms with Crippen LogP contribution in [0, 0.1) is 5.92 Å². The van der Waals surface area contributed by atoms with Crippen molar-refractivity contribution in [1.82, 2.24) is 5.43 Å². The first-order chi connectivity index (χ1) is 9.36. The van der Waals surface area contributed by atoms with Crippen molar-refractivity contribution in [3.63, 3.8) is 0 Å². The second-order valence-corrected chi connectivity index (χ2v) is 6.31. The SMILES string of the molecule is NNC(CC1CCOCC1)c1cc2ccccc2s1. The lowest BCUT2D eigenvalue weighted by Gasteiger charge is -2.25. The fourth-order valence-electron chi connectivity index (χ4n) is 2.76. The van der Waals surface area contributed by atoms with E-state index in [1.54, 1.807) is 0 Å². The van der Waals surface area contributed by atoms with Gasteiger partial charge in [-0.15, -0.1) is 11.3 Å². The molecule has 4 heteroatoms. The average molecular weight is 276 g/mol. The molecule has 0 radical (unpaired) electrons. The van der Waals surface area contributed by atoms with Crippen molar-refractivity contribution >= 4 is 21.4 Å². The molecule has 1 aromatic carbocycles. The van der Waals surface area contributed by atoms with Crippen LogP contribution in [0.15, 0.2) is 30.3 Å². The van der Waals surface area contributed by atoms with E-state index in [9.17, 15) is 0 Å². The second-order valence-electron chi connectivity index (χ2n) is 5.20. The first-order valence-electron chi connectivity index (χ1n) is 6.89. The van der Waals surface area contributed by atoms with Gasteiger partial charge in [-0.25, -0.2) is 0 Å². The molecular formula is C15H20N2OS. The fourth-order valence-corrected chi connectivity index (χ4v) is 3.89. The van der Waals surface area contributed by atoms with Crippen molar-refractivity contribution in [3.8, 4) is 0 Å². The maximum Gasteiger partial charge on any atom is 0.0556 e. The Kier molecular flexibility index (Phi) is 4.13. The van der Waals surface area contributed by atoms with Gasteiger partial charge in [-0.1, -0.05) is 18.2 Å². The molecule has 2 aromatic rings. The van der Waals surface area contributed by atoms with Crippen LogP contribution < -0.4 is 11.3 Å². The third-order valence-corrected chi connectivity index (χ3v) is 5.13. The Hall–Kier alpha value is -0.940. The number of nitrogens with one attached hydrogen (secondary N) is 1. The molecule has 0 spiro atoms. The molecule has 1 fully saturated rings. The van der Waals surface area contributed by atoms with Gasteiger partial charge in [-0.2, -0.15) is 0 Å². The first kappa shape index (κ1) is 13.1. The summed E-state index contributed by atoms with van der Waals surface area (Å²) in [5, 5.41) is 1.31. The largest absolute Gasteiger partial charge is 0.381 e. The van der Waals surface area contributed by atoms with Gasteiger partial charge >= 0.3 is 0 Å². The summed E-state index contributed by atoms with van der Waals surface area (Å²) >= 11 is 1.84. The monoisotopic (exact) mass is 276 g/mol. The van der Waals surface area contributed by atoms with Gasteiger partial charge in [-0.3, -0.25) is 11.3 Å². The molecule has 1 aromatic heterocycles. The standard InChI is InChI=1S/C15H20N2OS/c16-17-13(9-11-5-7-18-8-6-11)15-10-12-3-1-2-4-14(12)19-15/h1-4,10-11,13,17H,5-9,16H2. The third kappa shape index (κ3) is 2.98. The highest BCUT2D eigenvalue weighted by molar-refractivity contribution is 7.19. The third-order valence-electron chi connectivity index (χ3n) is 3.90. The summed E-state index contributed by atoms with van der Waals surface area (Å²) < 4.78 is 6.76. The van der Waals surface area contributed by atoms with Gasteiger partial charge in [0, 0.05) is 22.8 Å². The van der Waals surface area contributed by atoms with Gasteiger partial charge in [-0.05, 0) is 42.7 Å². The summed E-state index contributed by atoms with van der Waals surface area (Å²) in [6, 6.07) is 11.0. The lowest BCUT2D eigenvalue weighted by molar-refractivity contribution is 0.0606. The van der Waals surface area contributed by atoms with Crippen molar-refractivity contribution in [2.75, 3.05) is 13.2 Å². The number of hydrazine groups is 1. The van der Waals surface area contributed by atoms with E-state index in [2.05, 4.69) is 35.8 Å². The molecule has 0 amide bonds. The van der Waals surface area contributed by atoms with E-state index in [0.717, 1.165) is 38.4 Å². The lowest BCUT2D eigenvalue weighted by Crippen LogP contribution is -2.30. The molecule has 1 atom stereocenters. The Labute approximate surface area is 117 Å². The molecule has 0 saturated carbocycles. The van der Waals surface area contributed by atoms with E-state index in [-0.39, 0.29) is 6.04 Å². The summed E-state index contributed by atoms with van der Waals surface area (Å²) in [7, 11) is 0. The number of benzene rings is 1. The molecule has 2 heterocycles. The highest BCUT2D eigenvalue weighted by atomic mass is 32.1. The Balaban J connectivity index is 1.76. The predicted octanol–water partition coefficient (Wildman–Crippen LogP) is 3.22. The smallest absolute Gasteiger partial charge is 0.0556 e. The molecule has 1 unspecified atom stereocenters. The van der Waals surface area contributed by atoms with Crippen LogP contribution in [-0.4, -0.2) is 13.2 Å². The topological polar surface area (TPSA) is 47.3 Å². The molecular weight excluding hydrogens is 256 g/mol. The Bertz CT molecular complexity index is 501. The van der Waals surface area contributed by atoms with E-state index >= 15 is 0 Å². The Morgan fingerprint density at radius 2 is 2.11 bits per heavy atom. The van der Waals surface area contributed by atoms with E-state index in [0.29, 0.717) is 0 Å². The van der Waals surface area contributed by atoms with E-state index in [4.69, 9.17) is 10.6 Å². The van der Waals surface area contributed by atoms with Crippen molar-refractivity contribution in [1.29, 1.82) is 0 Å². The van der Waals surface area contributed by atoms with Crippen LogP contribution in [0.2, 0.25) is 0 Å². The van der Waals surface area contributed by atoms with Crippen LogP contribution >= 0.6 is 11.3 Å². The van der Waals surface area contributed by atoms with E-state index in [1.807, 2.05) is 11.3 Å². The van der Waals surface area contributed by atoms with Gasteiger partial charge in [0.25, 0.3) is 0 Å². The summed E-state index contributed by atoms with van der Waals surface area (Å²) in [5.74, 6) is 6.49. The molecule has 3 nitrogen and oxygen atoms in total. The summed E-state index contributed by atoms with van der Waals surface area (Å²) in [6.07, 6.45) is 3.42. The normalized spacial score (nSPS) is 18.8. The molecule has 3 rings (SSSR count). The molecule has 19 heavy (non-hydrogen) atoms. The molecule has 102 valence electrons. The molecule has 1 aliphatic rings. The van der Waals surface area contributed by atoms with Gasteiger partial charge in [0.2, 0.25) is 0 Å². The predicted molar refractivity (Wildman–Crippen MR) is 80.0 cm³/mol. The van der Waals surface area contributed by atoms with E-state index in [1.165, 1.54) is 15.0 Å².